The third kappa shape index (κ3) is 2.88. The number of aromatic nitrogens is 2. The summed E-state index contributed by atoms with van der Waals surface area (Å²) in [5, 5.41) is 10.5. The van der Waals surface area contributed by atoms with Crippen molar-refractivity contribution in [2.75, 3.05) is 11.4 Å². The first-order valence-electron chi connectivity index (χ1n) is 9.01. The molecule has 26 heavy (non-hydrogen) atoms. The van der Waals surface area contributed by atoms with Crippen LogP contribution in [0.3, 0.4) is 0 Å². The molecule has 0 fully saturated rings. The normalized spacial score (nSPS) is 14.5. The number of rotatable bonds is 3. The second-order valence-electron chi connectivity index (χ2n) is 7.35. The molecule has 2 aromatic carbocycles. The summed E-state index contributed by atoms with van der Waals surface area (Å²) in [6.07, 6.45) is 1.97. The zero-order valence-electron chi connectivity index (χ0n) is 15.1. The summed E-state index contributed by atoms with van der Waals surface area (Å²) in [5.74, 6) is 0.531. The van der Waals surface area contributed by atoms with Crippen molar-refractivity contribution in [3.63, 3.8) is 0 Å². The lowest BCUT2D eigenvalue weighted by Crippen LogP contribution is -2.38. The van der Waals surface area contributed by atoms with Crippen LogP contribution in [0.2, 0.25) is 0 Å². The molecule has 134 valence electrons. The minimum Gasteiger partial charge on any atom is -0.383 e. The fourth-order valence-corrected chi connectivity index (χ4v) is 3.72. The summed E-state index contributed by atoms with van der Waals surface area (Å²) < 4.78 is 1.84. The van der Waals surface area contributed by atoms with Gasteiger partial charge in [-0.2, -0.15) is 0 Å². The van der Waals surface area contributed by atoms with Gasteiger partial charge in [-0.05, 0) is 50.5 Å². The minimum atomic E-state index is -1.13. The van der Waals surface area contributed by atoms with E-state index < -0.39 is 5.60 Å². The highest BCUT2D eigenvalue weighted by atomic mass is 16.3. The second-order valence-corrected chi connectivity index (χ2v) is 7.35. The molecule has 0 aliphatic carbocycles. The number of hydrogen-bond acceptors (Lipinski definition) is 3. The molecular weight excluding hydrogens is 326 g/mol. The van der Waals surface area contributed by atoms with Crippen LogP contribution >= 0.6 is 0 Å². The third-order valence-electron chi connectivity index (χ3n) is 4.91. The molecule has 1 aliphatic heterocycles. The summed E-state index contributed by atoms with van der Waals surface area (Å²) >= 11 is 0. The van der Waals surface area contributed by atoms with E-state index in [0.717, 1.165) is 36.1 Å². The molecule has 0 radical (unpaired) electrons. The van der Waals surface area contributed by atoms with Crippen molar-refractivity contribution in [3.8, 4) is 0 Å². The van der Waals surface area contributed by atoms with Crippen molar-refractivity contribution in [1.82, 2.24) is 9.55 Å². The molecule has 1 N–H and O–H groups in total. The monoisotopic (exact) mass is 349 g/mol. The summed E-state index contributed by atoms with van der Waals surface area (Å²) in [7, 11) is 0. The molecular formula is C21H23N3O2. The lowest BCUT2D eigenvalue weighted by atomic mass is 10.0. The quantitative estimate of drug-likeness (QED) is 0.790. The van der Waals surface area contributed by atoms with Crippen LogP contribution in [-0.4, -0.2) is 27.1 Å². The van der Waals surface area contributed by atoms with Gasteiger partial charge in [-0.1, -0.05) is 30.3 Å². The molecule has 0 atom stereocenters. The summed E-state index contributed by atoms with van der Waals surface area (Å²) in [6, 6.07) is 15.8. The van der Waals surface area contributed by atoms with Gasteiger partial charge in [0.15, 0.2) is 0 Å². The Morgan fingerprint density at radius 1 is 1.15 bits per heavy atom. The van der Waals surface area contributed by atoms with Crippen molar-refractivity contribution in [2.45, 2.75) is 38.8 Å². The first-order chi connectivity index (χ1) is 12.4. The molecule has 1 aliphatic rings. The Bertz CT molecular complexity index is 969. The Labute approximate surface area is 152 Å². The minimum absolute atomic E-state index is 0.0193. The Balaban J connectivity index is 1.73. The van der Waals surface area contributed by atoms with E-state index >= 15 is 0 Å². The molecule has 0 saturated heterocycles. The fourth-order valence-electron chi connectivity index (χ4n) is 3.72. The van der Waals surface area contributed by atoms with E-state index in [1.54, 1.807) is 13.8 Å². The maximum atomic E-state index is 13.1. The predicted octanol–water partition coefficient (Wildman–Crippen LogP) is 3.24. The third-order valence-corrected chi connectivity index (χ3v) is 4.91. The number of imidazole rings is 1. The SMILES string of the molecule is CC(C)(O)c1nc2ccccc2n1CC(=O)N1CCCc2ccccc21. The van der Waals surface area contributed by atoms with Crippen LogP contribution in [0.15, 0.2) is 48.5 Å². The van der Waals surface area contributed by atoms with E-state index in [4.69, 9.17) is 0 Å². The number of anilines is 1. The van der Waals surface area contributed by atoms with Gasteiger partial charge in [0.05, 0.1) is 11.0 Å². The number of para-hydroxylation sites is 3. The number of benzene rings is 2. The van der Waals surface area contributed by atoms with Crippen LogP contribution in [0.1, 0.15) is 31.7 Å². The molecule has 0 bridgehead atoms. The van der Waals surface area contributed by atoms with Gasteiger partial charge >= 0.3 is 0 Å². The van der Waals surface area contributed by atoms with E-state index in [9.17, 15) is 9.90 Å². The van der Waals surface area contributed by atoms with Crippen LogP contribution < -0.4 is 4.90 Å². The van der Waals surface area contributed by atoms with E-state index in [1.165, 1.54) is 5.56 Å². The number of hydrogen-bond donors (Lipinski definition) is 1. The number of fused-ring (bicyclic) bond motifs is 2. The van der Waals surface area contributed by atoms with Crippen LogP contribution in [0.4, 0.5) is 5.69 Å². The molecule has 0 saturated carbocycles. The number of aryl methyl sites for hydroxylation is 1. The van der Waals surface area contributed by atoms with Gasteiger partial charge in [-0.3, -0.25) is 4.79 Å². The maximum Gasteiger partial charge on any atom is 0.246 e. The topological polar surface area (TPSA) is 58.4 Å². The van der Waals surface area contributed by atoms with E-state index in [-0.39, 0.29) is 12.5 Å². The lowest BCUT2D eigenvalue weighted by Gasteiger charge is -2.30. The largest absolute Gasteiger partial charge is 0.383 e. The highest BCUT2D eigenvalue weighted by Gasteiger charge is 2.28. The molecule has 1 aromatic heterocycles. The maximum absolute atomic E-state index is 13.1. The number of carbonyl (C=O) groups excluding carboxylic acids is 1. The molecule has 3 aromatic rings. The van der Waals surface area contributed by atoms with Crippen LogP contribution in [0, 0.1) is 0 Å². The van der Waals surface area contributed by atoms with Gasteiger partial charge in [0.2, 0.25) is 5.91 Å². The Morgan fingerprint density at radius 3 is 2.69 bits per heavy atom. The van der Waals surface area contributed by atoms with Gasteiger partial charge < -0.3 is 14.6 Å². The smallest absolute Gasteiger partial charge is 0.246 e. The second kappa shape index (κ2) is 6.25. The van der Waals surface area contributed by atoms with Crippen molar-refractivity contribution >= 4 is 22.6 Å². The van der Waals surface area contributed by atoms with Gasteiger partial charge in [0, 0.05) is 12.2 Å². The van der Waals surface area contributed by atoms with Gasteiger partial charge in [0.1, 0.15) is 18.0 Å². The van der Waals surface area contributed by atoms with Gasteiger partial charge in [-0.25, -0.2) is 4.98 Å². The number of aliphatic hydroxyl groups is 1. The molecule has 5 nitrogen and oxygen atoms in total. The highest BCUT2D eigenvalue weighted by Crippen LogP contribution is 2.29. The first kappa shape index (κ1) is 16.8. The Morgan fingerprint density at radius 2 is 1.88 bits per heavy atom. The number of nitrogens with zero attached hydrogens (tertiary/aromatic N) is 3. The van der Waals surface area contributed by atoms with Crippen molar-refractivity contribution in [3.05, 3.63) is 59.9 Å². The van der Waals surface area contributed by atoms with E-state index in [1.807, 2.05) is 51.9 Å². The van der Waals surface area contributed by atoms with Crippen molar-refractivity contribution < 1.29 is 9.90 Å². The van der Waals surface area contributed by atoms with Gasteiger partial charge in [0.25, 0.3) is 0 Å². The molecule has 5 heteroatoms. The average Bonchev–Trinajstić information content (AvgIpc) is 3.00. The molecule has 0 unspecified atom stereocenters. The van der Waals surface area contributed by atoms with Crippen LogP contribution in [0.5, 0.6) is 0 Å². The number of carbonyl (C=O) groups is 1. The first-order valence-corrected chi connectivity index (χ1v) is 9.01. The van der Waals surface area contributed by atoms with Crippen LogP contribution in [-0.2, 0) is 23.4 Å². The summed E-state index contributed by atoms with van der Waals surface area (Å²) in [6.45, 7) is 4.28. The van der Waals surface area contributed by atoms with Crippen LogP contribution in [0.25, 0.3) is 11.0 Å². The molecule has 2 heterocycles. The zero-order chi connectivity index (χ0) is 18.3. The Hall–Kier alpha value is -2.66. The fraction of sp³-hybridized carbons (Fsp3) is 0.333. The predicted molar refractivity (Wildman–Crippen MR) is 102 cm³/mol. The number of amides is 1. The average molecular weight is 349 g/mol. The lowest BCUT2D eigenvalue weighted by molar-refractivity contribution is -0.119. The molecule has 0 spiro atoms. The highest BCUT2D eigenvalue weighted by molar-refractivity contribution is 5.95. The van der Waals surface area contributed by atoms with E-state index in [2.05, 4.69) is 11.1 Å². The Kier molecular flexibility index (Phi) is 4.04. The standard InChI is InChI=1S/C21H23N3O2/c1-21(2,26)20-22-16-10-4-6-12-18(16)24(20)14-19(25)23-13-7-9-15-8-3-5-11-17(15)23/h3-6,8,10-12,26H,7,9,13-14H2,1-2H3. The molecule has 1 amide bonds. The van der Waals surface area contributed by atoms with Crippen molar-refractivity contribution in [2.24, 2.45) is 0 Å². The van der Waals surface area contributed by atoms with E-state index in [0.29, 0.717) is 5.82 Å². The molecule has 4 rings (SSSR count). The van der Waals surface area contributed by atoms with Crippen molar-refractivity contribution in [1.29, 1.82) is 0 Å². The summed E-state index contributed by atoms with van der Waals surface area (Å²) in [4.78, 5) is 19.6. The summed E-state index contributed by atoms with van der Waals surface area (Å²) in [5.41, 5.74) is 2.74. The van der Waals surface area contributed by atoms with Gasteiger partial charge in [-0.15, -0.1) is 0 Å². The zero-order valence-corrected chi connectivity index (χ0v) is 15.1.